The van der Waals surface area contributed by atoms with Gasteiger partial charge in [-0.25, -0.2) is 4.57 Å². The Labute approximate surface area is 434 Å². The van der Waals surface area contributed by atoms with Gasteiger partial charge in [0.25, 0.3) is 0 Å². The largest absolute Gasteiger partial charge is 0.472 e. The Morgan fingerprint density at radius 3 is 1.29 bits per heavy atom. The van der Waals surface area contributed by atoms with Crippen molar-refractivity contribution in [2.75, 3.05) is 40.9 Å². The average Bonchev–Trinajstić information content (AvgIpc) is 3.32. The highest BCUT2D eigenvalue weighted by Crippen LogP contribution is 2.43. The van der Waals surface area contributed by atoms with Crippen molar-refractivity contribution in [1.82, 2.24) is 5.32 Å². The molecule has 0 saturated heterocycles. The summed E-state index contributed by atoms with van der Waals surface area (Å²) in [6.45, 7) is 4.68. The van der Waals surface area contributed by atoms with Gasteiger partial charge >= 0.3 is 7.82 Å². The minimum atomic E-state index is -4.34. The number of phosphoric acid groups is 1. The second kappa shape index (κ2) is 52.1. The number of amides is 1. The van der Waals surface area contributed by atoms with Gasteiger partial charge < -0.3 is 19.8 Å². The third-order valence-corrected chi connectivity index (χ3v) is 14.2. The second-order valence-electron chi connectivity index (χ2n) is 21.4. The van der Waals surface area contributed by atoms with Gasteiger partial charge in [0.1, 0.15) is 13.2 Å². The van der Waals surface area contributed by atoms with E-state index in [9.17, 15) is 19.4 Å². The number of carbonyl (C=O) groups is 1. The molecule has 0 aromatic carbocycles. The fourth-order valence-electron chi connectivity index (χ4n) is 8.54. The lowest BCUT2D eigenvalue weighted by atomic mass is 10.0. The molecule has 0 bridgehead atoms. The average molecular weight is 1000 g/mol. The van der Waals surface area contributed by atoms with Crippen LogP contribution in [0, 0.1) is 0 Å². The minimum Gasteiger partial charge on any atom is -0.387 e. The number of unbranched alkanes of at least 4 members (excludes halogenated alkanes) is 33. The number of hydrogen-bond donors (Lipinski definition) is 3. The van der Waals surface area contributed by atoms with Crippen LogP contribution in [0.2, 0.25) is 0 Å². The van der Waals surface area contributed by atoms with E-state index in [1.807, 2.05) is 27.2 Å². The Hall–Kier alpha value is -1.80. The Balaban J connectivity index is 3.72. The molecule has 9 heteroatoms. The summed E-state index contributed by atoms with van der Waals surface area (Å²) in [4.78, 5) is 23.1. The number of phosphoric ester groups is 1. The van der Waals surface area contributed by atoms with E-state index in [1.54, 1.807) is 6.08 Å². The fourth-order valence-corrected chi connectivity index (χ4v) is 9.28. The van der Waals surface area contributed by atoms with Gasteiger partial charge in [0.05, 0.1) is 39.9 Å². The van der Waals surface area contributed by atoms with Crippen molar-refractivity contribution in [3.8, 4) is 0 Å². The summed E-state index contributed by atoms with van der Waals surface area (Å²) in [7, 11) is 1.55. The molecule has 3 N–H and O–H groups in total. The molecule has 0 fully saturated rings. The molecule has 0 aromatic rings. The smallest absolute Gasteiger partial charge is 0.387 e. The number of aliphatic hydroxyl groups excluding tert-OH is 1. The highest BCUT2D eigenvalue weighted by atomic mass is 31.2. The van der Waals surface area contributed by atoms with Crippen LogP contribution >= 0.6 is 7.82 Å². The molecule has 3 unspecified atom stereocenters. The summed E-state index contributed by atoms with van der Waals surface area (Å²) in [5.74, 6) is -0.189. The van der Waals surface area contributed by atoms with E-state index in [0.29, 0.717) is 17.4 Å². The lowest BCUT2D eigenvalue weighted by Gasteiger charge is -2.25. The van der Waals surface area contributed by atoms with Crippen LogP contribution in [0.3, 0.4) is 0 Å². The zero-order valence-corrected chi connectivity index (χ0v) is 47.7. The van der Waals surface area contributed by atoms with Gasteiger partial charge in [0.2, 0.25) is 5.91 Å². The number of carbonyl (C=O) groups excluding carboxylic acids is 1. The van der Waals surface area contributed by atoms with Gasteiger partial charge in [0, 0.05) is 6.42 Å². The topological polar surface area (TPSA) is 105 Å². The number of hydrogen-bond acceptors (Lipinski definition) is 5. The Morgan fingerprint density at radius 1 is 0.486 bits per heavy atom. The molecule has 1 amide bonds. The first-order valence-corrected chi connectivity index (χ1v) is 31.2. The summed E-state index contributed by atoms with van der Waals surface area (Å²) in [5, 5.41) is 13.7. The van der Waals surface area contributed by atoms with E-state index < -0.39 is 20.0 Å². The Bertz CT molecular complexity index is 1320. The van der Waals surface area contributed by atoms with Crippen molar-refractivity contribution in [2.24, 2.45) is 0 Å². The summed E-state index contributed by atoms with van der Waals surface area (Å²) in [6.07, 6.45) is 71.2. The molecule has 0 spiro atoms. The highest BCUT2D eigenvalue weighted by molar-refractivity contribution is 7.47. The molecule has 3 atom stereocenters. The fraction of sp³-hybridized carbons (Fsp3) is 0.820. The zero-order chi connectivity index (χ0) is 51.3. The van der Waals surface area contributed by atoms with Gasteiger partial charge in [-0.2, -0.15) is 0 Å². The second-order valence-corrected chi connectivity index (χ2v) is 22.8. The number of rotatable bonds is 54. The molecule has 70 heavy (non-hydrogen) atoms. The van der Waals surface area contributed by atoms with Crippen LogP contribution in [0.4, 0.5) is 0 Å². The molecule has 0 aliphatic rings. The number of nitrogens with one attached hydrogen (secondary N) is 1. The third kappa shape index (κ3) is 54.0. The highest BCUT2D eigenvalue weighted by Gasteiger charge is 2.27. The summed E-state index contributed by atoms with van der Waals surface area (Å²) < 4.78 is 23.5. The predicted molar refractivity (Wildman–Crippen MR) is 304 cm³/mol. The molecule has 410 valence electrons. The van der Waals surface area contributed by atoms with Crippen LogP contribution in [0.1, 0.15) is 271 Å². The van der Waals surface area contributed by atoms with Gasteiger partial charge in [-0.1, -0.05) is 261 Å². The number of likely N-dealkylation sites (N-methyl/N-ethyl adjacent to an activating group) is 1. The van der Waals surface area contributed by atoms with Crippen molar-refractivity contribution < 1.29 is 32.9 Å². The van der Waals surface area contributed by atoms with Crippen LogP contribution in [0.15, 0.2) is 60.8 Å². The normalized spacial score (nSPS) is 14.3. The van der Waals surface area contributed by atoms with Gasteiger partial charge in [0.15, 0.2) is 0 Å². The van der Waals surface area contributed by atoms with E-state index in [4.69, 9.17) is 9.05 Å². The van der Waals surface area contributed by atoms with Crippen molar-refractivity contribution in [3.63, 3.8) is 0 Å². The maximum atomic E-state index is 12.9. The maximum absolute atomic E-state index is 12.9. The Kier molecular flexibility index (Phi) is 50.7. The van der Waals surface area contributed by atoms with Crippen LogP contribution in [-0.4, -0.2) is 73.4 Å². The first-order valence-electron chi connectivity index (χ1n) is 29.7. The first-order chi connectivity index (χ1) is 34.0. The van der Waals surface area contributed by atoms with Crippen molar-refractivity contribution >= 4 is 13.7 Å². The van der Waals surface area contributed by atoms with Crippen LogP contribution in [0.25, 0.3) is 0 Å². The molecule has 0 heterocycles. The molecule has 0 saturated carbocycles. The Morgan fingerprint density at radius 2 is 0.857 bits per heavy atom. The molecule has 0 aromatic heterocycles. The van der Waals surface area contributed by atoms with Crippen molar-refractivity contribution in [1.29, 1.82) is 0 Å². The molecule has 0 aliphatic carbocycles. The predicted octanol–water partition coefficient (Wildman–Crippen LogP) is 18.1. The van der Waals surface area contributed by atoms with E-state index in [2.05, 4.69) is 67.8 Å². The van der Waals surface area contributed by atoms with Gasteiger partial charge in [-0.15, -0.1) is 0 Å². The molecule has 0 radical (unpaired) electrons. The monoisotopic (exact) mass is 1000 g/mol. The summed E-state index contributed by atoms with van der Waals surface area (Å²) in [6, 6.07) is -0.859. The maximum Gasteiger partial charge on any atom is 0.472 e. The van der Waals surface area contributed by atoms with Gasteiger partial charge in [-0.3, -0.25) is 13.8 Å². The van der Waals surface area contributed by atoms with Crippen LogP contribution in [-0.2, 0) is 18.4 Å². The molecule has 0 rings (SSSR count). The lowest BCUT2D eigenvalue weighted by Crippen LogP contribution is -2.45. The number of quaternary nitrogens is 1. The van der Waals surface area contributed by atoms with E-state index in [-0.39, 0.29) is 19.1 Å². The quantitative estimate of drug-likeness (QED) is 0.0243. The third-order valence-electron chi connectivity index (χ3n) is 13.2. The molecular weight excluding hydrogens is 888 g/mol. The summed E-state index contributed by atoms with van der Waals surface area (Å²) in [5.41, 5.74) is 0. The minimum absolute atomic E-state index is 0.0558. The van der Waals surface area contributed by atoms with Gasteiger partial charge in [-0.05, 0) is 64.2 Å². The van der Waals surface area contributed by atoms with E-state index in [1.165, 1.54) is 193 Å². The molecule has 0 aliphatic heterocycles. The van der Waals surface area contributed by atoms with E-state index in [0.717, 1.165) is 57.8 Å². The molecular formula is C61H116N2O6P+. The van der Waals surface area contributed by atoms with Crippen LogP contribution < -0.4 is 5.32 Å². The lowest BCUT2D eigenvalue weighted by molar-refractivity contribution is -0.870. The first kappa shape index (κ1) is 68.2. The number of aliphatic hydroxyl groups is 1. The van der Waals surface area contributed by atoms with Crippen molar-refractivity contribution in [3.05, 3.63) is 60.8 Å². The number of nitrogens with zero attached hydrogens (tertiary/aromatic N) is 1. The molecule has 8 nitrogen and oxygen atoms in total. The summed E-state index contributed by atoms with van der Waals surface area (Å²) >= 11 is 0. The SMILES string of the molecule is CCC/C=C/CC/C=C/C(O)C(COP(=O)(O)OCC[N+](C)(C)C)NC(=O)CCCCCCCCCCCCCCCCCCCCCCCCCCCC/C=C\C/C=C\C/C=C\CCCCCCC. The zero-order valence-electron chi connectivity index (χ0n) is 46.8. The van der Waals surface area contributed by atoms with Crippen molar-refractivity contribution in [2.45, 2.75) is 283 Å². The van der Waals surface area contributed by atoms with Crippen LogP contribution in [0.5, 0.6) is 0 Å². The van der Waals surface area contributed by atoms with E-state index >= 15 is 0 Å². The standard InChI is InChI=1S/C61H115N2O6P/c1-6-8-10-12-14-15-16-17-18-19-20-21-22-23-24-25-26-27-28-29-30-31-32-33-34-35-36-37-38-39-40-41-42-43-44-45-46-47-49-51-53-55-61(65)62-59(60(64)54-52-50-48-13-11-9-7-2)58-69-70(66,67)68-57-56-63(3,4)5/h11,13,16-17,19-20,22-23,52,54,59-60,64H,6-10,12,14-15,18,21,24-51,53,55-58H2,1-5H3,(H-,62,65,66,67)/p+1/b13-11+,17-16-,20-19-,23-22-,54-52+. The number of allylic oxidation sites excluding steroid dienone is 9.